The van der Waals surface area contributed by atoms with E-state index in [1.807, 2.05) is 48.5 Å². The molecule has 0 spiro atoms. The fourth-order valence-electron chi connectivity index (χ4n) is 7.19. The van der Waals surface area contributed by atoms with E-state index >= 15 is 0 Å². The minimum atomic E-state index is -0.548. The molecule has 0 aliphatic carbocycles. The van der Waals surface area contributed by atoms with Crippen molar-refractivity contribution in [2.24, 2.45) is 0 Å². The minimum absolute atomic E-state index is 0.00147. The number of nitrogens with two attached hydrogens (primary N) is 1. The van der Waals surface area contributed by atoms with E-state index in [0.29, 0.717) is 50.0 Å². The Morgan fingerprint density at radius 3 is 2.30 bits per heavy atom. The van der Waals surface area contributed by atoms with E-state index in [2.05, 4.69) is 51.9 Å². The molecule has 0 bridgehead atoms. The van der Waals surface area contributed by atoms with Gasteiger partial charge in [-0.25, -0.2) is 0 Å². The number of ether oxygens (including phenoxy) is 2. The summed E-state index contributed by atoms with van der Waals surface area (Å²) < 4.78 is 13.1. The third-order valence-electron chi connectivity index (χ3n) is 10.2. The van der Waals surface area contributed by atoms with Gasteiger partial charge in [-0.1, -0.05) is 85.3 Å². The predicted octanol–water partition coefficient (Wildman–Crippen LogP) is 6.64. The number of likely N-dealkylation sites (tertiary alicyclic amines) is 1. The van der Waals surface area contributed by atoms with E-state index in [1.54, 1.807) is 12.1 Å². The Hall–Kier alpha value is -4.58. The first-order valence-corrected chi connectivity index (χ1v) is 18.8. The summed E-state index contributed by atoms with van der Waals surface area (Å²) in [6.07, 6.45) is 5.00. The quantitative estimate of drug-likeness (QED) is 0.0640. The summed E-state index contributed by atoms with van der Waals surface area (Å²) >= 11 is 0. The highest BCUT2D eigenvalue weighted by Gasteiger charge is 2.35. The summed E-state index contributed by atoms with van der Waals surface area (Å²) in [4.78, 5) is 27.1. The zero-order valence-electron chi connectivity index (χ0n) is 30.3. The maximum absolute atomic E-state index is 12.6. The van der Waals surface area contributed by atoms with Gasteiger partial charge >= 0.3 is 0 Å². The summed E-state index contributed by atoms with van der Waals surface area (Å²) in [5.74, 6) is -0.0850. The van der Waals surface area contributed by atoms with Crippen LogP contribution in [0.25, 0.3) is 11.1 Å². The van der Waals surface area contributed by atoms with Crippen LogP contribution in [-0.4, -0.2) is 58.8 Å². The van der Waals surface area contributed by atoms with E-state index in [0.717, 1.165) is 65.7 Å². The van der Waals surface area contributed by atoms with Gasteiger partial charge in [-0.15, -0.1) is 0 Å². The molecule has 0 saturated carbocycles. The first-order valence-electron chi connectivity index (χ1n) is 18.8. The minimum Gasteiger partial charge on any atom is -0.397 e. The molecule has 4 aromatic rings. The van der Waals surface area contributed by atoms with Crippen LogP contribution < -0.4 is 16.4 Å². The zero-order chi connectivity index (χ0) is 37.0. The molecular formula is C43H52N4O6. The molecule has 10 heteroatoms. The van der Waals surface area contributed by atoms with Gasteiger partial charge in [0, 0.05) is 44.0 Å². The number of anilines is 2. The zero-order valence-corrected chi connectivity index (χ0v) is 30.3. The molecule has 0 aromatic heterocycles. The van der Waals surface area contributed by atoms with Gasteiger partial charge in [0.05, 0.1) is 36.8 Å². The van der Waals surface area contributed by atoms with Crippen LogP contribution in [0.3, 0.4) is 0 Å². The van der Waals surface area contributed by atoms with Gasteiger partial charge in [-0.2, -0.15) is 0 Å². The topological polar surface area (TPSA) is 146 Å². The van der Waals surface area contributed by atoms with Gasteiger partial charge in [0.2, 0.25) is 11.8 Å². The van der Waals surface area contributed by atoms with Gasteiger partial charge in [0.1, 0.15) is 0 Å². The molecule has 6 N–H and O–H groups in total. The number of amides is 2. The number of hydrogen-bond donors (Lipinski definition) is 5. The number of nitrogen functional groups attached to an aromatic ring is 1. The number of aliphatic hydroxyl groups excluding tert-OH is 2. The molecule has 4 unspecified atom stereocenters. The summed E-state index contributed by atoms with van der Waals surface area (Å²) in [6, 6.07) is 31.7. The van der Waals surface area contributed by atoms with Crippen LogP contribution >= 0.6 is 0 Å². The normalized spacial score (nSPS) is 20.3. The Labute approximate surface area is 312 Å². The first kappa shape index (κ1) is 38.2. The number of nitrogens with zero attached hydrogens (tertiary/aromatic N) is 1. The molecule has 2 amide bonds. The van der Waals surface area contributed by atoms with E-state index in [-0.39, 0.29) is 43.3 Å². The predicted molar refractivity (Wildman–Crippen MR) is 206 cm³/mol. The van der Waals surface area contributed by atoms with Crippen LogP contribution in [0.2, 0.25) is 0 Å². The second kappa shape index (κ2) is 19.0. The largest absolute Gasteiger partial charge is 0.397 e. The number of unbranched alkanes of at least 4 members (excludes halogenated alkanes) is 2. The summed E-state index contributed by atoms with van der Waals surface area (Å²) in [6.45, 7) is 2.28. The smallest absolute Gasteiger partial charge is 0.224 e. The van der Waals surface area contributed by atoms with Gasteiger partial charge in [-0.05, 0) is 78.2 Å². The number of benzene rings is 4. The lowest BCUT2D eigenvalue weighted by Crippen LogP contribution is -2.42. The Kier molecular flexibility index (Phi) is 13.6. The number of nitrogens with one attached hydrogen (secondary N) is 2. The van der Waals surface area contributed by atoms with Crippen molar-refractivity contribution in [1.82, 2.24) is 10.2 Å². The standard InChI is InChI=1S/C43H52N4O6/c44-38-11-4-5-12-39(38)46-42(51)14-3-1-2-13-41(50)45-26-31-8-6-9-35(24-31)32-19-21-34(22-20-32)43-52-37(27-47-23-7-10-36(47)29-49)25-40(53-43)33-17-15-30(28-48)16-18-33/h4-6,8-9,11-12,15-22,24,36-37,40,43,48-49H,1-3,7,10,13-14,23,25-29,44H2,(H,45,50)(H,46,51). The van der Waals surface area contributed by atoms with Crippen LogP contribution in [0.15, 0.2) is 97.1 Å². The van der Waals surface area contributed by atoms with E-state index in [1.165, 1.54) is 0 Å². The van der Waals surface area contributed by atoms with Crippen molar-refractivity contribution in [2.45, 2.75) is 89.1 Å². The third-order valence-corrected chi connectivity index (χ3v) is 10.2. The maximum atomic E-state index is 12.6. The average Bonchev–Trinajstić information content (AvgIpc) is 3.65. The summed E-state index contributed by atoms with van der Waals surface area (Å²) in [7, 11) is 0. The monoisotopic (exact) mass is 720 g/mol. The lowest BCUT2D eigenvalue weighted by Gasteiger charge is -2.38. The number of rotatable bonds is 16. The van der Waals surface area contributed by atoms with E-state index in [4.69, 9.17) is 15.2 Å². The second-order valence-corrected chi connectivity index (χ2v) is 14.1. The number of hydrogen-bond acceptors (Lipinski definition) is 8. The Morgan fingerprint density at radius 1 is 0.792 bits per heavy atom. The number of aliphatic hydroxyl groups is 2. The fourth-order valence-corrected chi connectivity index (χ4v) is 7.19. The van der Waals surface area contributed by atoms with Crippen LogP contribution in [-0.2, 0) is 32.2 Å². The Balaban J connectivity index is 1.000. The Morgan fingerprint density at radius 2 is 1.55 bits per heavy atom. The third kappa shape index (κ3) is 10.7. The molecule has 280 valence electrons. The molecule has 10 nitrogen and oxygen atoms in total. The molecule has 2 aliphatic rings. The van der Waals surface area contributed by atoms with Crippen LogP contribution in [0.4, 0.5) is 11.4 Å². The average molecular weight is 721 g/mol. The molecule has 2 heterocycles. The van der Waals surface area contributed by atoms with Crippen molar-refractivity contribution in [1.29, 1.82) is 0 Å². The molecular weight excluding hydrogens is 668 g/mol. The van der Waals surface area contributed by atoms with E-state index in [9.17, 15) is 19.8 Å². The van der Waals surface area contributed by atoms with E-state index < -0.39 is 6.29 Å². The fraction of sp³-hybridized carbons (Fsp3) is 0.395. The van der Waals surface area contributed by atoms with Crippen LogP contribution in [0.1, 0.15) is 86.0 Å². The highest BCUT2D eigenvalue weighted by molar-refractivity contribution is 5.93. The van der Waals surface area contributed by atoms with Gasteiger partial charge in [-0.3, -0.25) is 14.5 Å². The van der Waals surface area contributed by atoms with Crippen molar-refractivity contribution in [2.75, 3.05) is 30.7 Å². The van der Waals surface area contributed by atoms with Gasteiger partial charge in [0.15, 0.2) is 6.29 Å². The van der Waals surface area contributed by atoms with Crippen LogP contribution in [0, 0.1) is 0 Å². The maximum Gasteiger partial charge on any atom is 0.224 e. The van der Waals surface area contributed by atoms with Gasteiger partial charge < -0.3 is 36.1 Å². The van der Waals surface area contributed by atoms with Crippen molar-refractivity contribution < 1.29 is 29.3 Å². The number of carbonyl (C=O) groups excluding carboxylic acids is 2. The molecule has 2 aliphatic heterocycles. The molecule has 6 rings (SSSR count). The van der Waals surface area contributed by atoms with Crippen molar-refractivity contribution in [3.8, 4) is 11.1 Å². The molecule has 4 atom stereocenters. The lowest BCUT2D eigenvalue weighted by atomic mass is 9.98. The number of carbonyl (C=O) groups is 2. The highest BCUT2D eigenvalue weighted by atomic mass is 16.7. The van der Waals surface area contributed by atoms with Crippen LogP contribution in [0.5, 0.6) is 0 Å². The molecule has 53 heavy (non-hydrogen) atoms. The summed E-state index contributed by atoms with van der Waals surface area (Å²) in [5, 5.41) is 25.3. The highest BCUT2D eigenvalue weighted by Crippen LogP contribution is 2.39. The van der Waals surface area contributed by atoms with Crippen molar-refractivity contribution in [3.63, 3.8) is 0 Å². The summed E-state index contributed by atoms with van der Waals surface area (Å²) in [5.41, 5.74) is 13.0. The van der Waals surface area contributed by atoms with Crippen molar-refractivity contribution >= 4 is 23.2 Å². The molecule has 2 fully saturated rings. The second-order valence-electron chi connectivity index (χ2n) is 14.1. The Bertz CT molecular complexity index is 1780. The lowest BCUT2D eigenvalue weighted by molar-refractivity contribution is -0.253. The van der Waals surface area contributed by atoms with Crippen molar-refractivity contribution in [3.05, 3.63) is 119 Å². The molecule has 2 saturated heterocycles. The molecule has 0 radical (unpaired) electrons. The first-order chi connectivity index (χ1) is 25.9. The molecule has 4 aromatic carbocycles. The van der Waals surface area contributed by atoms with Gasteiger partial charge in [0.25, 0.3) is 0 Å². The SMILES string of the molecule is Nc1ccccc1NC(=O)CCCCCC(=O)NCc1cccc(-c2ccc(C3OC(CN4CCCC4CO)CC(c4ccc(CO)cc4)O3)cc2)c1. The number of para-hydroxylation sites is 2.